The van der Waals surface area contributed by atoms with Gasteiger partial charge in [-0.15, -0.1) is 0 Å². The van der Waals surface area contributed by atoms with Crippen molar-refractivity contribution in [3.05, 3.63) is 63.3 Å². The van der Waals surface area contributed by atoms with Crippen molar-refractivity contribution in [1.82, 2.24) is 0 Å². The molecule has 20 nitrogen and oxygen atoms in total. The third-order valence-electron chi connectivity index (χ3n) is 30.2. The molecule has 111 heavy (non-hydrogen) atoms. The molecule has 20 aliphatic carbocycles. The van der Waals surface area contributed by atoms with Crippen molar-refractivity contribution in [2.24, 2.45) is 130 Å². The molecule has 0 amide bonds. The van der Waals surface area contributed by atoms with Gasteiger partial charge in [0.15, 0.2) is 33.0 Å². The average molecular weight is 1550 g/mol. The molecule has 0 atom stereocenters. The SMILES string of the molecule is C=CC(=O)OCC(=O)OC1(C(C)C)C2CC3CC(C2)CC1C3.C=CC(=O)OCC(=O)OC1(CC(C)C)C2CC3CC(C2)CC1C3.C=CC(=O)OCC(=O)OC1(CC)C2CC3CC(C2)CC1C3.C=CC(=O)OCC(=O)OC1(CCC)C2CC3CC(C2)CC1C3.C=CC(=O)OCC(=O)OC1(CCCC)C2CC3CC(C2)CC1C3. The summed E-state index contributed by atoms with van der Waals surface area (Å²) in [5.74, 6) is 9.10. The first-order valence-corrected chi connectivity index (χ1v) is 43.1. The summed E-state index contributed by atoms with van der Waals surface area (Å²) in [6.45, 7) is 30.3. The van der Waals surface area contributed by atoms with E-state index < -0.39 is 59.7 Å². The number of esters is 10. The second-order valence-corrected chi connectivity index (χ2v) is 37.6. The highest BCUT2D eigenvalue weighted by molar-refractivity contribution is 5.86. The van der Waals surface area contributed by atoms with Crippen LogP contribution in [0.3, 0.4) is 0 Å². The first-order valence-electron chi connectivity index (χ1n) is 43.1. The van der Waals surface area contributed by atoms with E-state index in [0.29, 0.717) is 71.0 Å². The quantitative estimate of drug-likeness (QED) is 0.0383. The number of ether oxygens (including phenoxy) is 10. The molecule has 0 N–H and O–H groups in total. The molecule has 0 unspecified atom stereocenters. The first-order chi connectivity index (χ1) is 53.1. The second-order valence-electron chi connectivity index (χ2n) is 37.6. The van der Waals surface area contributed by atoms with E-state index in [1.165, 1.54) is 161 Å². The van der Waals surface area contributed by atoms with Gasteiger partial charge in [-0.2, -0.15) is 0 Å². The van der Waals surface area contributed by atoms with E-state index in [2.05, 4.69) is 81.4 Å². The van der Waals surface area contributed by atoms with E-state index in [0.717, 1.165) is 135 Å². The topological polar surface area (TPSA) is 263 Å². The maximum absolute atomic E-state index is 12.3. The van der Waals surface area contributed by atoms with Gasteiger partial charge < -0.3 is 47.4 Å². The van der Waals surface area contributed by atoms with E-state index in [1.54, 1.807) is 0 Å². The van der Waals surface area contributed by atoms with Crippen LogP contribution in [-0.4, -0.2) is 121 Å². The molecule has 616 valence electrons. The maximum Gasteiger partial charge on any atom is 0.344 e. The van der Waals surface area contributed by atoms with Crippen LogP contribution in [0.1, 0.15) is 254 Å². The van der Waals surface area contributed by atoms with Crippen LogP contribution in [0, 0.1) is 130 Å². The molecule has 0 aromatic carbocycles. The minimum absolute atomic E-state index is 0.293. The summed E-state index contributed by atoms with van der Waals surface area (Å²) in [7, 11) is 0. The van der Waals surface area contributed by atoms with Gasteiger partial charge in [0.05, 0.1) is 0 Å². The predicted molar refractivity (Wildman–Crippen MR) is 414 cm³/mol. The Morgan fingerprint density at radius 3 is 0.757 bits per heavy atom. The molecule has 0 spiro atoms. The van der Waals surface area contributed by atoms with Gasteiger partial charge in [0.25, 0.3) is 0 Å². The molecule has 20 heteroatoms. The minimum atomic E-state index is -0.583. The van der Waals surface area contributed by atoms with Crippen molar-refractivity contribution in [3.63, 3.8) is 0 Å². The van der Waals surface area contributed by atoms with Gasteiger partial charge in [-0.25, -0.2) is 47.9 Å². The lowest BCUT2D eigenvalue weighted by Gasteiger charge is -2.61. The summed E-state index contributed by atoms with van der Waals surface area (Å²) in [6, 6.07) is 0. The number of hydrogen-bond donors (Lipinski definition) is 0. The lowest BCUT2D eigenvalue weighted by atomic mass is 9.47. The number of unbranched alkanes of at least 4 members (excludes halogenated alkanes) is 1. The van der Waals surface area contributed by atoms with E-state index in [1.807, 2.05) is 0 Å². The van der Waals surface area contributed by atoms with E-state index in [9.17, 15) is 47.9 Å². The molecular weight excluding hydrogens is 1410 g/mol. The molecule has 0 saturated heterocycles. The van der Waals surface area contributed by atoms with Crippen LogP contribution in [0.4, 0.5) is 0 Å². The average Bonchev–Trinajstić information content (AvgIpc) is 0.740. The molecule has 20 bridgehead atoms. The van der Waals surface area contributed by atoms with Crippen LogP contribution in [0.15, 0.2) is 63.3 Å². The summed E-state index contributed by atoms with van der Waals surface area (Å²) < 4.78 is 54.3. The van der Waals surface area contributed by atoms with Crippen molar-refractivity contribution >= 4 is 59.7 Å². The van der Waals surface area contributed by atoms with Gasteiger partial charge in [0.1, 0.15) is 28.0 Å². The van der Waals surface area contributed by atoms with E-state index in [4.69, 9.17) is 47.4 Å². The van der Waals surface area contributed by atoms with Gasteiger partial charge in [-0.05, 0) is 323 Å². The molecule has 20 fully saturated rings. The Bertz CT molecular complexity index is 3250. The molecule has 20 rings (SSSR count). The molecular formula is C91H132O20. The third kappa shape index (κ3) is 19.0. The van der Waals surface area contributed by atoms with Crippen molar-refractivity contribution < 1.29 is 95.3 Å². The summed E-state index contributed by atoms with van der Waals surface area (Å²) >= 11 is 0. The van der Waals surface area contributed by atoms with Crippen LogP contribution in [0.2, 0.25) is 0 Å². The Labute approximate surface area is 660 Å². The summed E-state index contributed by atoms with van der Waals surface area (Å²) in [5.41, 5.74) is -1.61. The Kier molecular flexibility index (Phi) is 28.4. The highest BCUT2D eigenvalue weighted by Crippen LogP contribution is 2.66. The molecule has 0 aromatic heterocycles. The Balaban J connectivity index is 0.000000137. The zero-order valence-electron chi connectivity index (χ0n) is 68.0. The van der Waals surface area contributed by atoms with Gasteiger partial charge in [-0.1, -0.05) is 94.2 Å². The van der Waals surface area contributed by atoms with Gasteiger partial charge in [0, 0.05) is 30.4 Å². The Morgan fingerprint density at radius 2 is 0.523 bits per heavy atom. The standard InChI is InChI=1S/2C19H28O4.2C18H26O4.C17H24O4/c1-4-17(20)22-11-18(21)23-19(10-12(2)3)15-6-13-5-14(8-15)9-16(19)7-13;1-3-5-6-19(23-18(21)12-22-17(20)4-2)15-8-13-7-14(10-15)11-16(19)9-13;1-4-16(19)21-10-17(20)22-18(11(2)3)14-6-12-5-13(8-14)9-15(18)7-12;1-3-5-18(22-17(20)11-21-16(19)4-2)14-7-12-6-13(9-14)10-15(18)8-12;1-3-15(18)20-10-16(19)21-17(4-2)13-6-11-5-12(8-13)9-14(17)7-11/h4,12-16H,1,5-11H2,2-3H3;4,13-16H,2-3,5-12H2,1H3;4,11-15H,1,5-10H2,2-3H3;4,12-15H,2-3,5-11H2,1H3;3,11-14H,1,4-10H2,2H3. The molecule has 0 aliphatic heterocycles. The van der Waals surface area contributed by atoms with E-state index in [-0.39, 0.29) is 61.0 Å². The summed E-state index contributed by atoms with van der Waals surface area (Å²) in [5, 5.41) is 0. The number of carbonyl (C=O) groups excluding carboxylic acids is 10. The zero-order chi connectivity index (χ0) is 79.7. The van der Waals surface area contributed by atoms with Gasteiger partial charge in [0.2, 0.25) is 0 Å². The molecule has 20 aliphatic rings. The van der Waals surface area contributed by atoms with Crippen LogP contribution in [0.25, 0.3) is 0 Å². The third-order valence-corrected chi connectivity index (χ3v) is 30.2. The number of hydrogen-bond acceptors (Lipinski definition) is 20. The first kappa shape index (κ1) is 85.3. The van der Waals surface area contributed by atoms with Crippen molar-refractivity contribution in [3.8, 4) is 0 Å². The summed E-state index contributed by atoms with van der Waals surface area (Å²) in [4.78, 5) is 117. The van der Waals surface area contributed by atoms with Gasteiger partial charge >= 0.3 is 59.7 Å². The fraction of sp³-hybridized carbons (Fsp3) is 0.780. The largest absolute Gasteiger partial charge is 0.456 e. The predicted octanol–water partition coefficient (Wildman–Crippen LogP) is 16.4. The molecule has 20 saturated carbocycles. The van der Waals surface area contributed by atoms with Gasteiger partial charge in [-0.3, -0.25) is 0 Å². The molecule has 0 radical (unpaired) electrons. The summed E-state index contributed by atoms with van der Waals surface area (Å²) in [6.07, 6.45) is 43.0. The minimum Gasteiger partial charge on any atom is -0.456 e. The lowest BCUT2D eigenvalue weighted by Crippen LogP contribution is -2.62. The smallest absolute Gasteiger partial charge is 0.344 e. The van der Waals surface area contributed by atoms with Crippen LogP contribution >= 0.6 is 0 Å². The van der Waals surface area contributed by atoms with Crippen molar-refractivity contribution in [2.45, 2.75) is 282 Å². The van der Waals surface area contributed by atoms with E-state index >= 15 is 0 Å². The Morgan fingerprint density at radius 1 is 0.297 bits per heavy atom. The van der Waals surface area contributed by atoms with Crippen molar-refractivity contribution in [1.29, 1.82) is 0 Å². The number of carbonyl (C=O) groups is 10. The second kappa shape index (κ2) is 36.9. The van der Waals surface area contributed by atoms with Crippen LogP contribution in [0.5, 0.6) is 0 Å². The fourth-order valence-corrected chi connectivity index (χ4v) is 27.3. The van der Waals surface area contributed by atoms with Crippen LogP contribution in [-0.2, 0) is 95.3 Å². The molecule has 0 aromatic rings. The Hall–Kier alpha value is -6.60. The number of rotatable bonds is 29. The van der Waals surface area contributed by atoms with Crippen LogP contribution < -0.4 is 0 Å². The fourth-order valence-electron chi connectivity index (χ4n) is 27.3. The zero-order valence-corrected chi connectivity index (χ0v) is 68.0. The maximum atomic E-state index is 12.3. The highest BCUT2D eigenvalue weighted by Gasteiger charge is 2.65. The van der Waals surface area contributed by atoms with Crippen molar-refractivity contribution in [2.75, 3.05) is 33.0 Å². The monoisotopic (exact) mass is 1540 g/mol. The lowest BCUT2D eigenvalue weighted by molar-refractivity contribution is -0.227. The molecule has 0 heterocycles. The highest BCUT2D eigenvalue weighted by atomic mass is 16.6. The normalized spacial score (nSPS) is 38.5.